The fourth-order valence-electron chi connectivity index (χ4n) is 1.89. The zero-order chi connectivity index (χ0) is 14.5. The molecule has 0 radical (unpaired) electrons. The summed E-state index contributed by atoms with van der Waals surface area (Å²) in [7, 11) is 1.62. The highest BCUT2D eigenvalue weighted by Crippen LogP contribution is 2.20. The first-order chi connectivity index (χ1) is 9.63. The van der Waals surface area contributed by atoms with E-state index in [2.05, 4.69) is 28.2 Å². The van der Waals surface area contributed by atoms with Crippen molar-refractivity contribution < 1.29 is 13.9 Å². The van der Waals surface area contributed by atoms with Crippen LogP contribution < -0.4 is 10.1 Å². The summed E-state index contributed by atoms with van der Waals surface area (Å²) in [6.07, 6.45) is 0.941. The monoisotopic (exact) mass is 337 g/mol. The average molecular weight is 338 g/mol. The van der Waals surface area contributed by atoms with Gasteiger partial charge in [-0.1, -0.05) is 19.1 Å². The third kappa shape index (κ3) is 3.42. The Labute approximate surface area is 126 Å². The second-order valence-corrected chi connectivity index (χ2v) is 5.07. The lowest BCUT2D eigenvalue weighted by Gasteiger charge is -2.10. The van der Waals surface area contributed by atoms with Gasteiger partial charge in [-0.05, 0) is 46.1 Å². The van der Waals surface area contributed by atoms with Crippen molar-refractivity contribution in [2.24, 2.45) is 0 Å². The Kier molecular flexibility index (Phi) is 4.84. The fourth-order valence-corrected chi connectivity index (χ4v) is 2.20. The van der Waals surface area contributed by atoms with E-state index >= 15 is 0 Å². The number of rotatable bonds is 5. The standard InChI is InChI=1S/C15H16BrNO3/c1-3-10-4-5-12(19-2)11(8-10)9-17-15(18)13-6-7-14(16)20-13/h4-8H,3,9H2,1-2H3,(H,17,18). The van der Waals surface area contributed by atoms with Gasteiger partial charge in [0.05, 0.1) is 7.11 Å². The van der Waals surface area contributed by atoms with Crippen LogP contribution in [-0.2, 0) is 13.0 Å². The molecule has 2 rings (SSSR count). The van der Waals surface area contributed by atoms with Crippen molar-refractivity contribution in [3.05, 3.63) is 51.9 Å². The normalized spacial score (nSPS) is 10.3. The molecule has 106 valence electrons. The highest BCUT2D eigenvalue weighted by molar-refractivity contribution is 9.10. The van der Waals surface area contributed by atoms with Gasteiger partial charge in [-0.25, -0.2) is 0 Å². The lowest BCUT2D eigenvalue weighted by Crippen LogP contribution is -2.22. The van der Waals surface area contributed by atoms with Gasteiger partial charge in [0, 0.05) is 12.1 Å². The minimum Gasteiger partial charge on any atom is -0.496 e. The van der Waals surface area contributed by atoms with Gasteiger partial charge in [-0.3, -0.25) is 4.79 Å². The van der Waals surface area contributed by atoms with E-state index < -0.39 is 0 Å². The summed E-state index contributed by atoms with van der Waals surface area (Å²) in [6.45, 7) is 2.48. The number of hydrogen-bond donors (Lipinski definition) is 1. The third-order valence-corrected chi connectivity index (χ3v) is 3.42. The number of methoxy groups -OCH3 is 1. The molecule has 1 aromatic carbocycles. The summed E-state index contributed by atoms with van der Waals surface area (Å²) in [5.41, 5.74) is 2.15. The molecule has 0 unspecified atom stereocenters. The van der Waals surface area contributed by atoms with E-state index in [1.165, 1.54) is 5.56 Å². The van der Waals surface area contributed by atoms with Crippen molar-refractivity contribution in [2.45, 2.75) is 19.9 Å². The number of furan rings is 1. The van der Waals surface area contributed by atoms with Crippen molar-refractivity contribution in [2.75, 3.05) is 7.11 Å². The first kappa shape index (κ1) is 14.7. The molecule has 1 heterocycles. The topological polar surface area (TPSA) is 51.5 Å². The third-order valence-electron chi connectivity index (χ3n) is 2.99. The van der Waals surface area contributed by atoms with Crippen molar-refractivity contribution in [1.82, 2.24) is 5.32 Å². The Morgan fingerprint density at radius 2 is 2.15 bits per heavy atom. The minimum absolute atomic E-state index is 0.250. The zero-order valence-electron chi connectivity index (χ0n) is 11.4. The summed E-state index contributed by atoms with van der Waals surface area (Å²) in [4.78, 5) is 11.9. The highest BCUT2D eigenvalue weighted by atomic mass is 79.9. The number of carbonyl (C=O) groups excluding carboxylic acids is 1. The van der Waals surface area contributed by atoms with E-state index in [-0.39, 0.29) is 11.7 Å². The Morgan fingerprint density at radius 3 is 2.75 bits per heavy atom. The quantitative estimate of drug-likeness (QED) is 0.907. The number of nitrogens with one attached hydrogen (secondary N) is 1. The Balaban J connectivity index is 2.08. The van der Waals surface area contributed by atoms with Crippen LogP contribution in [0.5, 0.6) is 5.75 Å². The molecule has 0 aliphatic heterocycles. The van der Waals surface area contributed by atoms with Crippen LogP contribution in [0.15, 0.2) is 39.4 Å². The van der Waals surface area contributed by atoms with E-state index in [0.29, 0.717) is 11.2 Å². The van der Waals surface area contributed by atoms with Gasteiger partial charge in [0.2, 0.25) is 0 Å². The number of carbonyl (C=O) groups is 1. The first-order valence-corrected chi connectivity index (χ1v) is 7.12. The van der Waals surface area contributed by atoms with Crippen molar-refractivity contribution in [3.63, 3.8) is 0 Å². The van der Waals surface area contributed by atoms with Gasteiger partial charge in [0.25, 0.3) is 5.91 Å². The van der Waals surface area contributed by atoms with Gasteiger partial charge in [0.15, 0.2) is 10.4 Å². The van der Waals surface area contributed by atoms with E-state index in [4.69, 9.17) is 9.15 Å². The van der Waals surface area contributed by atoms with Gasteiger partial charge in [0.1, 0.15) is 5.75 Å². The van der Waals surface area contributed by atoms with Crippen LogP contribution in [0.4, 0.5) is 0 Å². The molecule has 0 aliphatic carbocycles. The summed E-state index contributed by atoms with van der Waals surface area (Å²) < 4.78 is 11.0. The Hall–Kier alpha value is -1.75. The van der Waals surface area contributed by atoms with Gasteiger partial charge >= 0.3 is 0 Å². The maximum atomic E-state index is 11.9. The summed E-state index contributed by atoms with van der Waals surface area (Å²) in [6, 6.07) is 9.29. The van der Waals surface area contributed by atoms with E-state index in [1.54, 1.807) is 19.2 Å². The van der Waals surface area contributed by atoms with Crippen LogP contribution in [0.2, 0.25) is 0 Å². The molecular weight excluding hydrogens is 322 g/mol. The predicted molar refractivity (Wildman–Crippen MR) is 80.0 cm³/mol. The molecule has 2 aromatic rings. The van der Waals surface area contributed by atoms with Crippen molar-refractivity contribution in [3.8, 4) is 5.75 Å². The highest BCUT2D eigenvalue weighted by Gasteiger charge is 2.11. The van der Waals surface area contributed by atoms with Gasteiger partial charge < -0.3 is 14.5 Å². The molecule has 20 heavy (non-hydrogen) atoms. The maximum absolute atomic E-state index is 11.9. The lowest BCUT2D eigenvalue weighted by molar-refractivity contribution is 0.0921. The average Bonchev–Trinajstić information content (AvgIpc) is 2.91. The van der Waals surface area contributed by atoms with Crippen LogP contribution in [0.25, 0.3) is 0 Å². The Morgan fingerprint density at radius 1 is 1.35 bits per heavy atom. The number of halogens is 1. The summed E-state index contributed by atoms with van der Waals surface area (Å²) in [5.74, 6) is 0.797. The zero-order valence-corrected chi connectivity index (χ0v) is 13.0. The SMILES string of the molecule is CCc1ccc(OC)c(CNC(=O)c2ccc(Br)o2)c1. The van der Waals surface area contributed by atoms with Crippen LogP contribution in [0.1, 0.15) is 28.6 Å². The number of hydrogen-bond acceptors (Lipinski definition) is 3. The van der Waals surface area contributed by atoms with E-state index in [9.17, 15) is 4.79 Å². The molecule has 0 aliphatic rings. The molecule has 1 aromatic heterocycles. The van der Waals surface area contributed by atoms with Crippen LogP contribution in [0, 0.1) is 0 Å². The van der Waals surface area contributed by atoms with Crippen LogP contribution in [0.3, 0.4) is 0 Å². The largest absolute Gasteiger partial charge is 0.496 e. The summed E-state index contributed by atoms with van der Waals surface area (Å²) >= 11 is 3.17. The second-order valence-electron chi connectivity index (χ2n) is 4.29. The summed E-state index contributed by atoms with van der Waals surface area (Å²) in [5, 5.41) is 2.82. The van der Waals surface area contributed by atoms with Gasteiger partial charge in [-0.2, -0.15) is 0 Å². The molecule has 0 fully saturated rings. The molecule has 1 N–H and O–H groups in total. The molecular formula is C15H16BrNO3. The van der Waals surface area contributed by atoms with Gasteiger partial charge in [-0.15, -0.1) is 0 Å². The van der Waals surface area contributed by atoms with Crippen LogP contribution >= 0.6 is 15.9 Å². The number of amides is 1. The van der Waals surface area contributed by atoms with E-state index in [1.807, 2.05) is 18.2 Å². The van der Waals surface area contributed by atoms with Crippen molar-refractivity contribution in [1.29, 1.82) is 0 Å². The molecule has 0 saturated heterocycles. The fraction of sp³-hybridized carbons (Fsp3) is 0.267. The molecule has 1 amide bonds. The molecule has 0 saturated carbocycles. The lowest BCUT2D eigenvalue weighted by atomic mass is 10.1. The van der Waals surface area contributed by atoms with E-state index in [0.717, 1.165) is 17.7 Å². The molecule has 0 atom stereocenters. The van der Waals surface area contributed by atoms with Crippen molar-refractivity contribution >= 4 is 21.8 Å². The smallest absolute Gasteiger partial charge is 0.287 e. The second kappa shape index (κ2) is 6.61. The molecule has 4 nitrogen and oxygen atoms in total. The maximum Gasteiger partial charge on any atom is 0.287 e. The first-order valence-electron chi connectivity index (χ1n) is 6.33. The molecule has 0 spiro atoms. The predicted octanol–water partition coefficient (Wildman–Crippen LogP) is 3.54. The minimum atomic E-state index is -0.250. The number of ether oxygens (including phenoxy) is 1. The molecule has 5 heteroatoms. The number of benzene rings is 1. The Bertz CT molecular complexity index is 607. The number of aryl methyl sites for hydroxylation is 1. The molecule has 0 bridgehead atoms. The van der Waals surface area contributed by atoms with Crippen LogP contribution in [-0.4, -0.2) is 13.0 Å².